The van der Waals surface area contributed by atoms with Crippen LogP contribution < -0.4 is 11.1 Å². The highest BCUT2D eigenvalue weighted by Gasteiger charge is 2.40. The molecule has 1 saturated carbocycles. The van der Waals surface area contributed by atoms with Crippen LogP contribution >= 0.6 is 12.4 Å². The number of carbonyl (C=O) groups is 1. The Morgan fingerprint density at radius 2 is 1.83 bits per heavy atom. The van der Waals surface area contributed by atoms with Gasteiger partial charge in [-0.25, -0.2) is 0 Å². The quantitative estimate of drug-likeness (QED) is 0.705. The second-order valence-corrected chi connectivity index (χ2v) is 6.62. The lowest BCUT2D eigenvalue weighted by Gasteiger charge is -2.36. The molecule has 4 heteroatoms. The summed E-state index contributed by atoms with van der Waals surface area (Å²) in [6, 6.07) is 10.9. The second kappa shape index (κ2) is 9.94. The van der Waals surface area contributed by atoms with Crippen molar-refractivity contribution in [3.05, 3.63) is 35.9 Å². The molecular formula is C19H31ClN2O. The van der Waals surface area contributed by atoms with Gasteiger partial charge in [0.05, 0.1) is 0 Å². The van der Waals surface area contributed by atoms with Gasteiger partial charge in [0.1, 0.15) is 0 Å². The van der Waals surface area contributed by atoms with Gasteiger partial charge in [0.15, 0.2) is 0 Å². The van der Waals surface area contributed by atoms with Gasteiger partial charge in [-0.3, -0.25) is 4.79 Å². The number of halogens is 1. The van der Waals surface area contributed by atoms with Crippen LogP contribution in [0, 0.1) is 0 Å². The van der Waals surface area contributed by atoms with Crippen molar-refractivity contribution in [2.45, 2.75) is 69.7 Å². The second-order valence-electron chi connectivity index (χ2n) is 6.62. The highest BCUT2D eigenvalue weighted by atomic mass is 35.5. The molecule has 2 rings (SSSR count). The molecule has 23 heavy (non-hydrogen) atoms. The van der Waals surface area contributed by atoms with Crippen molar-refractivity contribution in [3.8, 4) is 0 Å². The van der Waals surface area contributed by atoms with Crippen molar-refractivity contribution in [1.82, 2.24) is 5.32 Å². The summed E-state index contributed by atoms with van der Waals surface area (Å²) in [6.45, 7) is 2.89. The summed E-state index contributed by atoms with van der Waals surface area (Å²) in [5.41, 5.74) is 6.99. The molecule has 1 amide bonds. The number of nitrogens with one attached hydrogen (secondary N) is 1. The number of hydrogen-bond acceptors (Lipinski definition) is 2. The summed E-state index contributed by atoms with van der Waals surface area (Å²) in [4.78, 5) is 12.2. The summed E-state index contributed by atoms with van der Waals surface area (Å²) in [5, 5.41) is 3.27. The summed E-state index contributed by atoms with van der Waals surface area (Å²) in [7, 11) is 0. The number of amides is 1. The molecule has 0 saturated heterocycles. The maximum absolute atomic E-state index is 12.2. The van der Waals surface area contributed by atoms with Gasteiger partial charge in [-0.1, -0.05) is 49.6 Å². The average Bonchev–Trinajstić information content (AvgIpc) is 3.03. The first kappa shape index (κ1) is 20.0. The monoisotopic (exact) mass is 338 g/mol. The predicted octanol–water partition coefficient (Wildman–Crippen LogP) is 3.94. The smallest absolute Gasteiger partial charge is 0.220 e. The molecule has 1 unspecified atom stereocenters. The number of unbranched alkanes of at least 4 members (excludes halogenated alkanes) is 2. The number of nitrogens with two attached hydrogens (primary N) is 1. The zero-order chi connectivity index (χ0) is 15.8. The fourth-order valence-corrected chi connectivity index (χ4v) is 3.81. The molecule has 0 heterocycles. The maximum atomic E-state index is 12.2. The molecule has 1 atom stereocenters. The van der Waals surface area contributed by atoms with E-state index in [-0.39, 0.29) is 29.8 Å². The first-order chi connectivity index (χ1) is 10.7. The van der Waals surface area contributed by atoms with E-state index in [2.05, 4.69) is 42.6 Å². The van der Waals surface area contributed by atoms with Crippen molar-refractivity contribution in [2.24, 2.45) is 5.73 Å². The first-order valence-corrected chi connectivity index (χ1v) is 8.74. The van der Waals surface area contributed by atoms with Crippen molar-refractivity contribution < 1.29 is 4.79 Å². The Balaban J connectivity index is 0.00000264. The zero-order valence-corrected chi connectivity index (χ0v) is 15.0. The molecule has 0 aromatic heterocycles. The summed E-state index contributed by atoms with van der Waals surface area (Å²) in [5.74, 6) is 0.187. The van der Waals surface area contributed by atoms with E-state index in [4.69, 9.17) is 5.73 Å². The van der Waals surface area contributed by atoms with Crippen LogP contribution in [0.15, 0.2) is 30.3 Å². The lowest BCUT2D eigenvalue weighted by atomic mass is 9.73. The average molecular weight is 339 g/mol. The molecule has 130 valence electrons. The van der Waals surface area contributed by atoms with Gasteiger partial charge in [0.25, 0.3) is 0 Å². The minimum absolute atomic E-state index is 0. The van der Waals surface area contributed by atoms with Gasteiger partial charge in [-0.05, 0) is 44.7 Å². The number of hydrogen-bond donors (Lipinski definition) is 2. The lowest BCUT2D eigenvalue weighted by Crippen LogP contribution is -2.47. The van der Waals surface area contributed by atoms with Crippen molar-refractivity contribution in [3.63, 3.8) is 0 Å². The highest BCUT2D eigenvalue weighted by Crippen LogP contribution is 2.43. The van der Waals surface area contributed by atoms with E-state index in [0.717, 1.165) is 25.8 Å². The molecule has 3 nitrogen and oxygen atoms in total. The Hall–Kier alpha value is -1.06. The van der Waals surface area contributed by atoms with Crippen LogP contribution in [-0.4, -0.2) is 18.5 Å². The minimum atomic E-state index is 0. The van der Waals surface area contributed by atoms with Gasteiger partial charge in [-0.15, -0.1) is 12.4 Å². The SMILES string of the molecule is CC(NC(=O)CCCCCN)C1(c2ccccc2)CCCC1.Cl. The topological polar surface area (TPSA) is 55.1 Å². The van der Waals surface area contributed by atoms with Gasteiger partial charge < -0.3 is 11.1 Å². The molecule has 0 spiro atoms. The number of rotatable bonds is 8. The summed E-state index contributed by atoms with van der Waals surface area (Å²) >= 11 is 0. The summed E-state index contributed by atoms with van der Waals surface area (Å²) in [6.07, 6.45) is 8.47. The predicted molar refractivity (Wildman–Crippen MR) is 99.0 cm³/mol. The van der Waals surface area contributed by atoms with E-state index in [0.29, 0.717) is 6.42 Å². The Bertz CT molecular complexity index is 458. The molecule has 3 N–H and O–H groups in total. The van der Waals surface area contributed by atoms with Crippen LogP contribution in [0.1, 0.15) is 63.9 Å². The molecule has 0 radical (unpaired) electrons. The van der Waals surface area contributed by atoms with Crippen LogP contribution in [0.2, 0.25) is 0 Å². The Morgan fingerprint density at radius 3 is 2.43 bits per heavy atom. The van der Waals surface area contributed by atoms with Gasteiger partial charge in [0.2, 0.25) is 5.91 Å². The van der Waals surface area contributed by atoms with E-state index in [9.17, 15) is 4.79 Å². The summed E-state index contributed by atoms with van der Waals surface area (Å²) < 4.78 is 0. The number of benzene rings is 1. The Morgan fingerprint density at radius 1 is 1.17 bits per heavy atom. The van der Waals surface area contributed by atoms with E-state index >= 15 is 0 Å². The number of carbonyl (C=O) groups excluding carboxylic acids is 1. The third kappa shape index (κ3) is 5.22. The first-order valence-electron chi connectivity index (χ1n) is 8.74. The van der Waals surface area contributed by atoms with E-state index < -0.39 is 0 Å². The molecule has 1 aliphatic rings. The van der Waals surface area contributed by atoms with Crippen LogP contribution in [0.5, 0.6) is 0 Å². The van der Waals surface area contributed by atoms with Gasteiger partial charge in [0, 0.05) is 17.9 Å². The fourth-order valence-electron chi connectivity index (χ4n) is 3.81. The largest absolute Gasteiger partial charge is 0.353 e. The van der Waals surface area contributed by atoms with Gasteiger partial charge >= 0.3 is 0 Å². The molecule has 0 bridgehead atoms. The van der Waals surface area contributed by atoms with Crippen LogP contribution in [-0.2, 0) is 10.2 Å². The lowest BCUT2D eigenvalue weighted by molar-refractivity contribution is -0.122. The standard InChI is InChI=1S/C19H30N2O.ClH/c1-16(21-18(22)12-6-3-9-15-20)19(13-7-8-14-19)17-10-4-2-5-11-17;/h2,4-5,10-11,16H,3,6-9,12-15,20H2,1H3,(H,21,22);1H. The van der Waals surface area contributed by atoms with E-state index in [1.165, 1.54) is 31.2 Å². The van der Waals surface area contributed by atoms with Gasteiger partial charge in [-0.2, -0.15) is 0 Å². The molecule has 1 aromatic rings. The molecular weight excluding hydrogens is 308 g/mol. The van der Waals surface area contributed by atoms with E-state index in [1.807, 2.05) is 0 Å². The normalized spacial score (nSPS) is 17.3. The maximum Gasteiger partial charge on any atom is 0.220 e. The molecule has 1 aliphatic carbocycles. The molecule has 1 aromatic carbocycles. The Kier molecular flexibility index (Phi) is 8.64. The van der Waals surface area contributed by atoms with Crippen molar-refractivity contribution >= 4 is 18.3 Å². The minimum Gasteiger partial charge on any atom is -0.353 e. The molecule has 0 aliphatic heterocycles. The van der Waals surface area contributed by atoms with Crippen molar-refractivity contribution in [1.29, 1.82) is 0 Å². The van der Waals surface area contributed by atoms with Crippen LogP contribution in [0.3, 0.4) is 0 Å². The van der Waals surface area contributed by atoms with Crippen LogP contribution in [0.4, 0.5) is 0 Å². The third-order valence-electron chi connectivity index (χ3n) is 5.16. The molecule has 1 fully saturated rings. The Labute approximate surface area is 146 Å². The van der Waals surface area contributed by atoms with Crippen LogP contribution in [0.25, 0.3) is 0 Å². The zero-order valence-electron chi connectivity index (χ0n) is 14.2. The van der Waals surface area contributed by atoms with E-state index in [1.54, 1.807) is 0 Å². The van der Waals surface area contributed by atoms with Crippen molar-refractivity contribution in [2.75, 3.05) is 6.54 Å². The highest BCUT2D eigenvalue weighted by molar-refractivity contribution is 5.85. The third-order valence-corrected chi connectivity index (χ3v) is 5.16. The fraction of sp³-hybridized carbons (Fsp3) is 0.632.